The molecule has 2 aromatic rings. The molecule has 0 saturated carbocycles. The molecule has 2 unspecified atom stereocenters. The average molecular weight is 282 g/mol. The molecule has 0 spiro atoms. The summed E-state index contributed by atoms with van der Waals surface area (Å²) in [4.78, 5) is 3.22. The summed E-state index contributed by atoms with van der Waals surface area (Å²) in [5, 5.41) is 0.195. The van der Waals surface area contributed by atoms with Gasteiger partial charge in [-0.1, -0.05) is 19.1 Å². The van der Waals surface area contributed by atoms with E-state index >= 15 is 0 Å². The Labute approximate surface area is 115 Å². The number of aromatic amines is 1. The normalized spacial score (nSPS) is 14.8. The molecule has 0 aliphatic rings. The fraction of sp³-hybridized carbons (Fsp3) is 0.462. The molecule has 0 aliphatic heterocycles. The first-order valence-electron chi connectivity index (χ1n) is 6.01. The molecular formula is C13H18N2OS2. The second-order valence-electron chi connectivity index (χ2n) is 4.65. The van der Waals surface area contributed by atoms with E-state index in [2.05, 4.69) is 22.5 Å². The lowest BCUT2D eigenvalue weighted by Crippen LogP contribution is -2.13. The maximum absolute atomic E-state index is 11.4. The Kier molecular flexibility index (Phi) is 4.02. The zero-order valence-electron chi connectivity index (χ0n) is 10.9. The van der Waals surface area contributed by atoms with Gasteiger partial charge in [0, 0.05) is 28.9 Å². The molecule has 98 valence electrons. The molecule has 2 atom stereocenters. The molecule has 18 heavy (non-hydrogen) atoms. The van der Waals surface area contributed by atoms with E-state index in [0.717, 1.165) is 28.8 Å². The van der Waals surface area contributed by atoms with E-state index in [-0.39, 0.29) is 5.25 Å². The molecule has 0 saturated heterocycles. The number of aryl methyl sites for hydroxylation is 2. The van der Waals surface area contributed by atoms with Crippen LogP contribution in [0.5, 0.6) is 0 Å². The summed E-state index contributed by atoms with van der Waals surface area (Å²) < 4.78 is 14.2. The van der Waals surface area contributed by atoms with Crippen LogP contribution >= 0.6 is 12.2 Å². The van der Waals surface area contributed by atoms with Crippen molar-refractivity contribution in [1.29, 1.82) is 0 Å². The van der Waals surface area contributed by atoms with Crippen LogP contribution in [0.3, 0.4) is 0 Å². The van der Waals surface area contributed by atoms with Gasteiger partial charge in [-0.05, 0) is 37.2 Å². The summed E-state index contributed by atoms with van der Waals surface area (Å²) in [7, 11) is -0.775. The summed E-state index contributed by atoms with van der Waals surface area (Å²) in [6.07, 6.45) is 2.63. The molecule has 0 radical (unpaired) electrons. The molecule has 0 amide bonds. The molecule has 5 heteroatoms. The summed E-state index contributed by atoms with van der Waals surface area (Å²) in [6.45, 7) is 4.91. The Morgan fingerprint density at radius 2 is 2.22 bits per heavy atom. The van der Waals surface area contributed by atoms with Crippen LogP contribution in [-0.4, -0.2) is 25.3 Å². The minimum Gasteiger partial charge on any atom is -0.331 e. The molecule has 1 N–H and O–H groups in total. The van der Waals surface area contributed by atoms with Gasteiger partial charge in [0.05, 0.1) is 11.0 Å². The second-order valence-corrected chi connectivity index (χ2v) is 6.84. The van der Waals surface area contributed by atoms with E-state index in [9.17, 15) is 4.21 Å². The Hall–Kier alpha value is -0.940. The van der Waals surface area contributed by atoms with Gasteiger partial charge in [-0.3, -0.25) is 4.21 Å². The highest BCUT2D eigenvalue weighted by Crippen LogP contribution is 2.19. The zero-order chi connectivity index (χ0) is 13.3. The number of nitrogens with zero attached hydrogens (tertiary/aromatic N) is 1. The van der Waals surface area contributed by atoms with E-state index in [1.807, 2.05) is 19.1 Å². The summed E-state index contributed by atoms with van der Waals surface area (Å²) in [5.41, 5.74) is 3.45. The number of rotatable bonds is 4. The fourth-order valence-corrected chi connectivity index (χ4v) is 2.82. The average Bonchev–Trinajstić information content (AvgIpc) is 2.63. The van der Waals surface area contributed by atoms with Crippen molar-refractivity contribution in [3.63, 3.8) is 0 Å². The minimum atomic E-state index is -0.775. The van der Waals surface area contributed by atoms with Crippen molar-refractivity contribution in [2.75, 3.05) is 6.26 Å². The Bertz CT molecular complexity index is 642. The zero-order valence-corrected chi connectivity index (χ0v) is 12.5. The predicted molar refractivity (Wildman–Crippen MR) is 80.0 cm³/mol. The number of hydrogen-bond donors (Lipinski definition) is 1. The van der Waals surface area contributed by atoms with Gasteiger partial charge in [-0.15, -0.1) is 0 Å². The molecule has 0 aliphatic carbocycles. The first-order chi connectivity index (χ1) is 8.50. The number of hydrogen-bond acceptors (Lipinski definition) is 2. The van der Waals surface area contributed by atoms with Gasteiger partial charge in [0.25, 0.3) is 0 Å². The van der Waals surface area contributed by atoms with Gasteiger partial charge < -0.3 is 9.55 Å². The Morgan fingerprint density at radius 1 is 1.50 bits per heavy atom. The van der Waals surface area contributed by atoms with E-state index in [4.69, 9.17) is 12.2 Å². The molecule has 1 heterocycles. The van der Waals surface area contributed by atoms with Crippen molar-refractivity contribution in [3.8, 4) is 0 Å². The van der Waals surface area contributed by atoms with Crippen LogP contribution in [0.1, 0.15) is 18.9 Å². The maximum Gasteiger partial charge on any atom is 0.178 e. The van der Waals surface area contributed by atoms with Crippen molar-refractivity contribution in [1.82, 2.24) is 9.55 Å². The smallest absolute Gasteiger partial charge is 0.178 e. The molecule has 0 bridgehead atoms. The van der Waals surface area contributed by atoms with Gasteiger partial charge in [-0.2, -0.15) is 0 Å². The summed E-state index contributed by atoms with van der Waals surface area (Å²) >= 11 is 5.36. The quantitative estimate of drug-likeness (QED) is 0.875. The largest absolute Gasteiger partial charge is 0.331 e. The fourth-order valence-electron chi connectivity index (χ4n) is 2.09. The lowest BCUT2D eigenvalue weighted by molar-refractivity contribution is 0.624. The molecular weight excluding hydrogens is 264 g/mol. The number of para-hydroxylation sites is 1. The number of imidazole rings is 1. The van der Waals surface area contributed by atoms with E-state index in [0.29, 0.717) is 0 Å². The molecule has 0 fully saturated rings. The highest BCUT2D eigenvalue weighted by molar-refractivity contribution is 7.84. The van der Waals surface area contributed by atoms with Crippen molar-refractivity contribution in [2.45, 2.75) is 32.1 Å². The van der Waals surface area contributed by atoms with Crippen molar-refractivity contribution >= 4 is 34.1 Å². The van der Waals surface area contributed by atoms with Crippen molar-refractivity contribution < 1.29 is 4.21 Å². The van der Waals surface area contributed by atoms with Crippen LogP contribution in [0, 0.1) is 11.7 Å². The van der Waals surface area contributed by atoms with Crippen molar-refractivity contribution in [3.05, 3.63) is 28.5 Å². The highest BCUT2D eigenvalue weighted by Gasteiger charge is 2.10. The number of aromatic nitrogens is 2. The van der Waals surface area contributed by atoms with Crippen LogP contribution in [-0.2, 0) is 17.3 Å². The van der Waals surface area contributed by atoms with E-state index < -0.39 is 10.8 Å². The molecule has 1 aromatic heterocycles. The lowest BCUT2D eigenvalue weighted by atomic mass is 10.2. The van der Waals surface area contributed by atoms with E-state index in [1.165, 1.54) is 5.56 Å². The van der Waals surface area contributed by atoms with Crippen LogP contribution in [0.15, 0.2) is 18.2 Å². The number of fused-ring (bicyclic) bond motifs is 1. The number of benzene rings is 1. The van der Waals surface area contributed by atoms with Crippen LogP contribution in [0.4, 0.5) is 0 Å². The maximum atomic E-state index is 11.4. The minimum absolute atomic E-state index is 0.195. The number of H-pyrrole nitrogens is 1. The third kappa shape index (κ3) is 2.57. The first kappa shape index (κ1) is 13.5. The summed E-state index contributed by atoms with van der Waals surface area (Å²) in [5.74, 6) is 0. The number of nitrogens with one attached hydrogen (secondary N) is 1. The lowest BCUT2D eigenvalue weighted by Gasteiger charge is -2.10. The van der Waals surface area contributed by atoms with Crippen LogP contribution < -0.4 is 0 Å². The van der Waals surface area contributed by atoms with Gasteiger partial charge >= 0.3 is 0 Å². The van der Waals surface area contributed by atoms with E-state index in [1.54, 1.807) is 6.26 Å². The van der Waals surface area contributed by atoms with Gasteiger partial charge in [0.1, 0.15) is 0 Å². The summed E-state index contributed by atoms with van der Waals surface area (Å²) in [6, 6.07) is 6.15. The topological polar surface area (TPSA) is 37.8 Å². The third-order valence-corrected chi connectivity index (χ3v) is 5.01. The van der Waals surface area contributed by atoms with Gasteiger partial charge in [0.15, 0.2) is 4.77 Å². The van der Waals surface area contributed by atoms with Gasteiger partial charge in [0.2, 0.25) is 0 Å². The monoisotopic (exact) mass is 282 g/mol. The van der Waals surface area contributed by atoms with Crippen molar-refractivity contribution in [2.24, 2.45) is 0 Å². The van der Waals surface area contributed by atoms with Crippen LogP contribution in [0.25, 0.3) is 11.0 Å². The first-order valence-corrected chi connectivity index (χ1v) is 8.04. The molecule has 2 rings (SSSR count). The molecule has 3 nitrogen and oxygen atoms in total. The molecule has 1 aromatic carbocycles. The Morgan fingerprint density at radius 3 is 2.89 bits per heavy atom. The Balaban J connectivity index is 2.36. The SMILES string of the molecule is Cc1cccc2[nH]c(=S)n(CCC(C)S(C)=O)c12. The van der Waals surface area contributed by atoms with Crippen LogP contribution in [0.2, 0.25) is 0 Å². The second kappa shape index (κ2) is 5.36. The van der Waals surface area contributed by atoms with Gasteiger partial charge in [-0.25, -0.2) is 0 Å². The third-order valence-electron chi connectivity index (χ3n) is 3.32. The standard InChI is InChI=1S/C13H18N2OS2/c1-9-5-4-6-11-12(9)15(13(17)14-11)8-7-10(2)18(3)16/h4-6,10H,7-8H2,1-3H3,(H,14,17). The predicted octanol–water partition coefficient (Wildman–Crippen LogP) is 3.16. The highest BCUT2D eigenvalue weighted by atomic mass is 32.2.